The summed E-state index contributed by atoms with van der Waals surface area (Å²) in [5.74, 6) is 0.638. The summed E-state index contributed by atoms with van der Waals surface area (Å²) in [6.45, 7) is 8.49. The Morgan fingerprint density at radius 2 is 2.22 bits per heavy atom. The molecule has 2 aliphatic heterocycles. The molecular weight excluding hydrogens is 248 g/mol. The van der Waals surface area contributed by atoms with Crippen LogP contribution in [0.1, 0.15) is 46.0 Å². The molecule has 2 heterocycles. The van der Waals surface area contributed by atoms with Crippen LogP contribution in [-0.2, 0) is 4.79 Å². The van der Waals surface area contributed by atoms with E-state index in [1.807, 2.05) is 0 Å². The molecule has 0 bridgehead atoms. The highest BCUT2D eigenvalue weighted by Crippen LogP contribution is 2.33. The van der Waals surface area contributed by atoms with Crippen LogP contribution in [0, 0.1) is 11.3 Å². The number of nitrogens with one attached hydrogen (secondary N) is 1. The van der Waals surface area contributed by atoms with Gasteiger partial charge in [-0.3, -0.25) is 4.79 Å². The number of nitrogens with zero attached hydrogens (tertiary/aromatic N) is 1. The fourth-order valence-electron chi connectivity index (χ4n) is 3.11. The average Bonchev–Trinajstić information content (AvgIpc) is 2.39. The maximum Gasteiger partial charge on any atom is 0.226 e. The van der Waals surface area contributed by atoms with E-state index < -0.39 is 0 Å². The van der Waals surface area contributed by atoms with E-state index in [4.69, 9.17) is 0 Å². The Kier molecular flexibility index (Phi) is 5.93. The molecule has 3 nitrogen and oxygen atoms in total. The van der Waals surface area contributed by atoms with Crippen LogP contribution in [0.25, 0.3) is 0 Å². The predicted molar refractivity (Wildman–Crippen MR) is 77.1 cm³/mol. The van der Waals surface area contributed by atoms with Crippen LogP contribution in [0.5, 0.6) is 0 Å². The molecule has 18 heavy (non-hydrogen) atoms. The number of carbonyl (C=O) groups is 1. The molecule has 2 fully saturated rings. The first-order chi connectivity index (χ1) is 8.14. The molecular formula is C14H27ClN2O. The van der Waals surface area contributed by atoms with Crippen LogP contribution in [0.2, 0.25) is 0 Å². The monoisotopic (exact) mass is 274 g/mol. The summed E-state index contributed by atoms with van der Waals surface area (Å²) in [6.07, 6.45) is 5.85. The lowest BCUT2D eigenvalue weighted by Gasteiger charge is -2.41. The second kappa shape index (κ2) is 6.76. The third-order valence-corrected chi connectivity index (χ3v) is 4.59. The van der Waals surface area contributed by atoms with Crippen molar-refractivity contribution in [2.24, 2.45) is 11.3 Å². The molecule has 0 aromatic carbocycles. The Bertz CT molecular complexity index is 279. The summed E-state index contributed by atoms with van der Waals surface area (Å²) >= 11 is 0. The zero-order valence-corrected chi connectivity index (χ0v) is 12.5. The van der Waals surface area contributed by atoms with Crippen molar-refractivity contribution in [1.82, 2.24) is 10.2 Å². The Morgan fingerprint density at radius 3 is 2.83 bits per heavy atom. The van der Waals surface area contributed by atoms with Crippen molar-refractivity contribution in [1.29, 1.82) is 0 Å². The van der Waals surface area contributed by atoms with Gasteiger partial charge in [0.1, 0.15) is 0 Å². The average molecular weight is 275 g/mol. The Labute approximate surface area is 117 Å². The number of halogens is 1. The van der Waals surface area contributed by atoms with Gasteiger partial charge in [0.15, 0.2) is 0 Å². The predicted octanol–water partition coefficient (Wildman–Crippen LogP) is 2.45. The van der Waals surface area contributed by atoms with Crippen molar-refractivity contribution >= 4 is 18.3 Å². The molecule has 0 aliphatic carbocycles. The maximum atomic E-state index is 12.4. The molecule has 0 radical (unpaired) electrons. The van der Waals surface area contributed by atoms with Crippen molar-refractivity contribution in [3.05, 3.63) is 0 Å². The molecule has 2 atom stereocenters. The molecule has 0 aromatic heterocycles. The van der Waals surface area contributed by atoms with Crippen LogP contribution in [0.4, 0.5) is 0 Å². The van der Waals surface area contributed by atoms with Crippen LogP contribution >= 0.6 is 12.4 Å². The Hall–Kier alpha value is -0.280. The summed E-state index contributed by atoms with van der Waals surface area (Å²) in [7, 11) is 0. The molecule has 1 N–H and O–H groups in total. The van der Waals surface area contributed by atoms with Crippen LogP contribution < -0.4 is 5.32 Å². The third kappa shape index (κ3) is 3.61. The van der Waals surface area contributed by atoms with Gasteiger partial charge in [-0.05, 0) is 44.1 Å². The second-order valence-electron chi connectivity index (χ2n) is 6.07. The smallest absolute Gasteiger partial charge is 0.226 e. The van der Waals surface area contributed by atoms with E-state index in [0.29, 0.717) is 11.3 Å². The topological polar surface area (TPSA) is 32.3 Å². The van der Waals surface area contributed by atoms with Gasteiger partial charge in [0.2, 0.25) is 5.91 Å². The minimum Gasteiger partial charge on any atom is -0.342 e. The Morgan fingerprint density at radius 1 is 1.44 bits per heavy atom. The Balaban J connectivity index is 0.00000162. The molecule has 2 saturated heterocycles. The number of amides is 1. The van der Waals surface area contributed by atoms with Gasteiger partial charge in [0.05, 0.1) is 5.92 Å². The summed E-state index contributed by atoms with van der Waals surface area (Å²) in [5.41, 5.74) is 0.357. The van der Waals surface area contributed by atoms with Crippen molar-refractivity contribution in [3.8, 4) is 0 Å². The highest BCUT2D eigenvalue weighted by Gasteiger charge is 2.34. The largest absolute Gasteiger partial charge is 0.342 e. The fraction of sp³-hybridized carbons (Fsp3) is 0.929. The number of hydrogen-bond acceptors (Lipinski definition) is 2. The van der Waals surface area contributed by atoms with Crippen LogP contribution in [0.3, 0.4) is 0 Å². The summed E-state index contributed by atoms with van der Waals surface area (Å²) in [5, 5.41) is 3.34. The SMILES string of the molecule is CCC1(C)CCCN(C(=O)C2CCCNC2)C1.Cl. The van der Waals surface area contributed by atoms with E-state index in [1.165, 1.54) is 19.3 Å². The third-order valence-electron chi connectivity index (χ3n) is 4.59. The lowest BCUT2D eigenvalue weighted by atomic mass is 9.79. The van der Waals surface area contributed by atoms with Gasteiger partial charge in [-0.25, -0.2) is 0 Å². The van der Waals surface area contributed by atoms with Gasteiger partial charge in [0, 0.05) is 19.6 Å². The van der Waals surface area contributed by atoms with Crippen molar-refractivity contribution in [2.75, 3.05) is 26.2 Å². The highest BCUT2D eigenvalue weighted by molar-refractivity contribution is 5.85. The molecule has 106 valence electrons. The molecule has 2 unspecified atom stereocenters. The highest BCUT2D eigenvalue weighted by atomic mass is 35.5. The summed E-state index contributed by atoms with van der Waals surface area (Å²) in [6, 6.07) is 0. The van der Waals surface area contributed by atoms with E-state index >= 15 is 0 Å². The van der Waals surface area contributed by atoms with Gasteiger partial charge in [-0.2, -0.15) is 0 Å². The van der Waals surface area contributed by atoms with E-state index in [1.54, 1.807) is 0 Å². The molecule has 0 aromatic rings. The standard InChI is InChI=1S/C14H26N2O.ClH/c1-3-14(2)7-5-9-16(11-14)13(17)12-6-4-8-15-10-12;/h12,15H,3-11H2,1-2H3;1H. The quantitative estimate of drug-likeness (QED) is 0.839. The minimum absolute atomic E-state index is 0. The lowest BCUT2D eigenvalue weighted by molar-refractivity contribution is -0.139. The van der Waals surface area contributed by atoms with E-state index in [9.17, 15) is 4.79 Å². The number of piperidine rings is 2. The van der Waals surface area contributed by atoms with Crippen LogP contribution in [-0.4, -0.2) is 37.0 Å². The number of hydrogen-bond donors (Lipinski definition) is 1. The number of carbonyl (C=O) groups excluding carboxylic acids is 1. The summed E-state index contributed by atoms with van der Waals surface area (Å²) in [4.78, 5) is 14.6. The zero-order chi connectivity index (χ0) is 12.3. The number of rotatable bonds is 2. The first-order valence-corrected chi connectivity index (χ1v) is 7.14. The van der Waals surface area contributed by atoms with Gasteiger partial charge in [-0.1, -0.05) is 13.8 Å². The van der Waals surface area contributed by atoms with Gasteiger partial charge in [0.25, 0.3) is 0 Å². The van der Waals surface area contributed by atoms with E-state index in [2.05, 4.69) is 24.1 Å². The van der Waals surface area contributed by atoms with Crippen LogP contribution in [0.15, 0.2) is 0 Å². The van der Waals surface area contributed by atoms with Gasteiger partial charge < -0.3 is 10.2 Å². The molecule has 2 rings (SSSR count). The van der Waals surface area contributed by atoms with Crippen molar-refractivity contribution in [3.63, 3.8) is 0 Å². The molecule has 1 amide bonds. The van der Waals surface area contributed by atoms with E-state index in [0.717, 1.165) is 39.0 Å². The molecule has 2 aliphatic rings. The molecule has 0 saturated carbocycles. The first kappa shape index (κ1) is 15.8. The fourth-order valence-corrected chi connectivity index (χ4v) is 3.11. The van der Waals surface area contributed by atoms with Gasteiger partial charge in [-0.15, -0.1) is 12.4 Å². The lowest BCUT2D eigenvalue weighted by Crippen LogP contribution is -2.49. The molecule has 0 spiro atoms. The normalized spacial score (nSPS) is 32.8. The first-order valence-electron chi connectivity index (χ1n) is 7.14. The second-order valence-corrected chi connectivity index (χ2v) is 6.07. The van der Waals surface area contributed by atoms with E-state index in [-0.39, 0.29) is 18.3 Å². The minimum atomic E-state index is 0. The zero-order valence-electron chi connectivity index (χ0n) is 11.7. The van der Waals surface area contributed by atoms with Crippen molar-refractivity contribution in [2.45, 2.75) is 46.0 Å². The summed E-state index contributed by atoms with van der Waals surface area (Å²) < 4.78 is 0. The maximum absolute atomic E-state index is 12.4. The van der Waals surface area contributed by atoms with Crippen molar-refractivity contribution < 1.29 is 4.79 Å². The van der Waals surface area contributed by atoms with Gasteiger partial charge >= 0.3 is 0 Å². The molecule has 4 heteroatoms. The number of likely N-dealkylation sites (tertiary alicyclic amines) is 1.